The van der Waals surface area contributed by atoms with Crippen LogP contribution in [0.2, 0.25) is 0 Å². The smallest absolute Gasteiger partial charge is 0.391 e. The number of fused-ring (bicyclic) bond motifs is 5. The summed E-state index contributed by atoms with van der Waals surface area (Å²) in [5, 5.41) is 10.2. The quantitative estimate of drug-likeness (QED) is 0.627. The van der Waals surface area contributed by atoms with Gasteiger partial charge < -0.3 is 5.11 Å². The van der Waals surface area contributed by atoms with Crippen LogP contribution in [0.3, 0.4) is 0 Å². The van der Waals surface area contributed by atoms with E-state index in [0.29, 0.717) is 48.3 Å². The van der Waals surface area contributed by atoms with Gasteiger partial charge in [0.2, 0.25) is 0 Å². The van der Waals surface area contributed by atoms with E-state index in [-0.39, 0.29) is 11.5 Å². The molecular weight excluding hydrogens is 325 g/mol. The normalized spacial score (nSPS) is 51.4. The number of hydrogen-bond acceptors (Lipinski definition) is 1. The highest BCUT2D eigenvalue weighted by Crippen LogP contribution is 2.65. The van der Waals surface area contributed by atoms with E-state index in [1.54, 1.807) is 0 Å². The minimum atomic E-state index is -4.00. The van der Waals surface area contributed by atoms with Gasteiger partial charge in [0.05, 0.1) is 12.0 Å². The molecule has 4 aliphatic rings. The monoisotopic (exact) mass is 358 g/mol. The average molecular weight is 358 g/mol. The Morgan fingerprint density at radius 1 is 0.920 bits per heavy atom. The van der Waals surface area contributed by atoms with Crippen molar-refractivity contribution >= 4 is 0 Å². The Morgan fingerprint density at radius 3 is 2.32 bits per heavy atom. The Kier molecular flexibility index (Phi) is 4.45. The highest BCUT2D eigenvalue weighted by Gasteiger charge is 2.58. The summed E-state index contributed by atoms with van der Waals surface area (Å²) in [7, 11) is 0. The fourth-order valence-corrected chi connectivity index (χ4v) is 7.98. The molecular formula is C21H33F3O. The van der Waals surface area contributed by atoms with Gasteiger partial charge in [0.15, 0.2) is 0 Å². The highest BCUT2D eigenvalue weighted by atomic mass is 19.4. The third-order valence-corrected chi connectivity index (χ3v) is 9.07. The molecule has 0 spiro atoms. The van der Waals surface area contributed by atoms with Crippen molar-refractivity contribution in [1.29, 1.82) is 0 Å². The van der Waals surface area contributed by atoms with Crippen LogP contribution in [0.1, 0.15) is 71.6 Å². The van der Waals surface area contributed by atoms with Crippen molar-refractivity contribution in [3.05, 3.63) is 0 Å². The van der Waals surface area contributed by atoms with Gasteiger partial charge in [-0.3, -0.25) is 0 Å². The molecule has 4 aliphatic carbocycles. The SMILES string of the molecule is CC(O)C1CCC2[C@@H]3CC[C@@H]4C[C@@H](C(F)(F)F)CC[C@@H]4C3CC[C@]12C. The molecule has 1 N–H and O–H groups in total. The number of aliphatic hydroxyl groups is 1. The summed E-state index contributed by atoms with van der Waals surface area (Å²) in [4.78, 5) is 0. The van der Waals surface area contributed by atoms with Crippen LogP contribution in [0, 0.1) is 46.8 Å². The number of alkyl halides is 3. The molecule has 0 aliphatic heterocycles. The van der Waals surface area contributed by atoms with Gasteiger partial charge >= 0.3 is 6.18 Å². The van der Waals surface area contributed by atoms with Gasteiger partial charge in [-0.2, -0.15) is 13.2 Å². The molecule has 9 atom stereocenters. The predicted octanol–water partition coefficient (Wildman–Crippen LogP) is 5.81. The second-order valence-electron chi connectivity index (χ2n) is 9.96. The van der Waals surface area contributed by atoms with Gasteiger partial charge in [-0.25, -0.2) is 0 Å². The number of halogens is 3. The van der Waals surface area contributed by atoms with Gasteiger partial charge in [0.1, 0.15) is 0 Å². The van der Waals surface area contributed by atoms with E-state index in [2.05, 4.69) is 6.92 Å². The summed E-state index contributed by atoms with van der Waals surface area (Å²) in [6, 6.07) is 0. The second kappa shape index (κ2) is 6.14. The van der Waals surface area contributed by atoms with Crippen molar-refractivity contribution < 1.29 is 18.3 Å². The van der Waals surface area contributed by atoms with E-state index in [1.807, 2.05) is 6.92 Å². The maximum atomic E-state index is 13.2. The van der Waals surface area contributed by atoms with Gasteiger partial charge in [-0.1, -0.05) is 6.92 Å². The van der Waals surface area contributed by atoms with E-state index < -0.39 is 12.1 Å². The number of hydrogen-bond donors (Lipinski definition) is 1. The van der Waals surface area contributed by atoms with Crippen molar-refractivity contribution in [2.45, 2.75) is 83.9 Å². The van der Waals surface area contributed by atoms with E-state index in [4.69, 9.17) is 0 Å². The Bertz CT molecular complexity index is 502. The number of aliphatic hydroxyl groups excluding tert-OH is 1. The van der Waals surface area contributed by atoms with Crippen LogP contribution in [-0.2, 0) is 0 Å². The molecule has 4 saturated carbocycles. The van der Waals surface area contributed by atoms with Crippen molar-refractivity contribution in [3.8, 4) is 0 Å². The molecule has 4 unspecified atom stereocenters. The fraction of sp³-hybridized carbons (Fsp3) is 1.00. The van der Waals surface area contributed by atoms with Crippen molar-refractivity contribution in [2.75, 3.05) is 0 Å². The Balaban J connectivity index is 1.50. The highest BCUT2D eigenvalue weighted by molar-refractivity contribution is 5.07. The Morgan fingerprint density at radius 2 is 1.64 bits per heavy atom. The minimum absolute atomic E-state index is 0.231. The molecule has 4 rings (SSSR count). The van der Waals surface area contributed by atoms with Crippen LogP contribution in [0.25, 0.3) is 0 Å². The molecule has 0 heterocycles. The summed E-state index contributed by atoms with van der Waals surface area (Å²) in [5.74, 6) is 2.24. The first-order valence-corrected chi connectivity index (χ1v) is 10.5. The third-order valence-electron chi connectivity index (χ3n) is 9.07. The summed E-state index contributed by atoms with van der Waals surface area (Å²) in [5.41, 5.74) is 0.255. The first-order chi connectivity index (χ1) is 11.7. The average Bonchev–Trinajstić information content (AvgIpc) is 2.90. The van der Waals surface area contributed by atoms with Gasteiger partial charge in [0, 0.05) is 0 Å². The Hall–Kier alpha value is -0.250. The zero-order valence-electron chi connectivity index (χ0n) is 15.6. The van der Waals surface area contributed by atoms with Gasteiger partial charge in [-0.05, 0) is 106 Å². The lowest BCUT2D eigenvalue weighted by atomic mass is 9.49. The summed E-state index contributed by atoms with van der Waals surface area (Å²) in [6.45, 7) is 4.34. The fourth-order valence-electron chi connectivity index (χ4n) is 7.98. The molecule has 25 heavy (non-hydrogen) atoms. The maximum absolute atomic E-state index is 13.2. The number of rotatable bonds is 1. The molecule has 0 aromatic rings. The van der Waals surface area contributed by atoms with Crippen molar-refractivity contribution in [2.24, 2.45) is 46.8 Å². The molecule has 144 valence electrons. The zero-order chi connectivity index (χ0) is 18.0. The maximum Gasteiger partial charge on any atom is 0.391 e. The van der Waals surface area contributed by atoms with Crippen LogP contribution in [0.15, 0.2) is 0 Å². The van der Waals surface area contributed by atoms with E-state index in [1.165, 1.54) is 19.3 Å². The van der Waals surface area contributed by atoms with Gasteiger partial charge in [-0.15, -0.1) is 0 Å². The summed E-state index contributed by atoms with van der Waals surface area (Å²) >= 11 is 0. The first-order valence-electron chi connectivity index (χ1n) is 10.5. The first kappa shape index (κ1) is 18.1. The lowest BCUT2D eigenvalue weighted by molar-refractivity contribution is -0.196. The lowest BCUT2D eigenvalue weighted by Gasteiger charge is -2.56. The third kappa shape index (κ3) is 2.85. The Labute approximate surface area is 149 Å². The summed E-state index contributed by atoms with van der Waals surface area (Å²) < 4.78 is 39.5. The molecule has 4 heteroatoms. The summed E-state index contributed by atoms with van der Waals surface area (Å²) in [6.07, 6.45) is 4.13. The van der Waals surface area contributed by atoms with Crippen molar-refractivity contribution in [1.82, 2.24) is 0 Å². The zero-order valence-corrected chi connectivity index (χ0v) is 15.6. The van der Waals surface area contributed by atoms with E-state index in [9.17, 15) is 18.3 Å². The second-order valence-corrected chi connectivity index (χ2v) is 9.96. The minimum Gasteiger partial charge on any atom is -0.393 e. The molecule has 0 radical (unpaired) electrons. The van der Waals surface area contributed by atoms with Crippen LogP contribution in [-0.4, -0.2) is 17.4 Å². The molecule has 0 aromatic carbocycles. The lowest BCUT2D eigenvalue weighted by Crippen LogP contribution is -2.50. The topological polar surface area (TPSA) is 20.2 Å². The predicted molar refractivity (Wildman–Crippen MR) is 91.8 cm³/mol. The van der Waals surface area contributed by atoms with E-state index in [0.717, 1.165) is 25.7 Å². The van der Waals surface area contributed by atoms with Gasteiger partial charge in [0.25, 0.3) is 0 Å². The largest absolute Gasteiger partial charge is 0.393 e. The molecule has 4 fully saturated rings. The molecule has 0 bridgehead atoms. The van der Waals surface area contributed by atoms with Crippen LogP contribution in [0.5, 0.6) is 0 Å². The molecule has 0 saturated heterocycles. The van der Waals surface area contributed by atoms with E-state index >= 15 is 0 Å². The van der Waals surface area contributed by atoms with Crippen LogP contribution in [0.4, 0.5) is 13.2 Å². The molecule has 1 nitrogen and oxygen atoms in total. The molecule has 0 aromatic heterocycles. The van der Waals surface area contributed by atoms with Crippen molar-refractivity contribution in [3.63, 3.8) is 0 Å². The molecule has 0 amide bonds. The van der Waals surface area contributed by atoms with Crippen LogP contribution < -0.4 is 0 Å². The standard InChI is InChI=1S/C21H33F3O/c1-12(25)18-7-8-19-17-5-3-13-11-14(21(22,23)24)4-6-15(13)16(17)9-10-20(18,19)2/h12-19,25H,3-11H2,1-2H3/t12?,13-,14+,15+,16?,17-,18?,19?,20-/m1/s1. The van der Waals surface area contributed by atoms with Crippen LogP contribution >= 0.6 is 0 Å².